The summed E-state index contributed by atoms with van der Waals surface area (Å²) < 4.78 is 22.0. The first kappa shape index (κ1) is 17.9. The second-order valence-electron chi connectivity index (χ2n) is 6.37. The minimum atomic E-state index is -0.573. The van der Waals surface area contributed by atoms with Gasteiger partial charge in [0.05, 0.1) is 12.1 Å². The topological polar surface area (TPSA) is 83.1 Å². The minimum absolute atomic E-state index is 0.115. The van der Waals surface area contributed by atoms with Crippen LogP contribution in [-0.2, 0) is 14.3 Å². The minimum Gasteiger partial charge on any atom is -0.488 e. The zero-order valence-corrected chi connectivity index (χ0v) is 15.1. The smallest absolute Gasteiger partial charge is 0.338 e. The molecule has 0 aliphatic carbocycles. The lowest BCUT2D eigenvalue weighted by atomic mass is 10.1. The predicted octanol–water partition coefficient (Wildman–Crippen LogP) is 1.96. The summed E-state index contributed by atoms with van der Waals surface area (Å²) in [6, 6.07) is 14.7. The Balaban J connectivity index is 1.23. The van der Waals surface area contributed by atoms with Gasteiger partial charge in [0.2, 0.25) is 0 Å². The maximum Gasteiger partial charge on any atom is 0.338 e. The van der Waals surface area contributed by atoms with E-state index in [-0.39, 0.29) is 25.9 Å². The summed E-state index contributed by atoms with van der Waals surface area (Å²) in [6.45, 7) is 0.330. The predicted molar refractivity (Wildman–Crippen MR) is 100 cm³/mol. The fraction of sp³-hybridized carbons (Fsp3) is 0.238. The average molecular weight is 381 g/mol. The number of rotatable bonds is 5. The maximum absolute atomic E-state index is 12.2. The van der Waals surface area contributed by atoms with Crippen LogP contribution < -0.4 is 19.5 Å². The summed E-state index contributed by atoms with van der Waals surface area (Å²) in [5, 5.41) is 2.69. The lowest BCUT2D eigenvalue weighted by Crippen LogP contribution is -2.42. The van der Waals surface area contributed by atoms with Crippen molar-refractivity contribution in [2.75, 3.05) is 26.4 Å². The molecule has 1 atom stereocenters. The molecule has 0 unspecified atom stereocenters. The second kappa shape index (κ2) is 8.04. The van der Waals surface area contributed by atoms with Gasteiger partial charge in [0.15, 0.2) is 18.1 Å². The summed E-state index contributed by atoms with van der Waals surface area (Å²) in [5.41, 5.74) is 1.17. The molecule has 0 saturated heterocycles. The van der Waals surface area contributed by atoms with Gasteiger partial charge in [-0.05, 0) is 24.3 Å². The standard InChI is InChI=1S/C21H19NO6/c23-20(22-10-16-12-26-18-7-3-4-8-19(18)28-16)13-27-21(24)15-9-14-5-1-2-6-17(14)25-11-15/h1-9,16H,10-13H2,(H,22,23)/t16-/m1/s1. The van der Waals surface area contributed by atoms with E-state index in [0.29, 0.717) is 29.4 Å². The van der Waals surface area contributed by atoms with Crippen molar-refractivity contribution in [3.8, 4) is 17.2 Å². The number of fused-ring (bicyclic) bond motifs is 2. The van der Waals surface area contributed by atoms with Gasteiger partial charge in [-0.2, -0.15) is 0 Å². The van der Waals surface area contributed by atoms with Gasteiger partial charge in [-0.15, -0.1) is 0 Å². The van der Waals surface area contributed by atoms with Crippen LogP contribution >= 0.6 is 0 Å². The van der Waals surface area contributed by atoms with Crippen molar-refractivity contribution in [3.05, 3.63) is 59.7 Å². The Kier molecular flexibility index (Phi) is 5.14. The Hall–Kier alpha value is -3.48. The summed E-state index contributed by atoms with van der Waals surface area (Å²) in [5.74, 6) is 1.06. The average Bonchev–Trinajstić information content (AvgIpc) is 2.75. The number of hydrogen-bond acceptors (Lipinski definition) is 6. The first-order valence-electron chi connectivity index (χ1n) is 8.94. The van der Waals surface area contributed by atoms with Crippen LogP contribution in [0.5, 0.6) is 17.2 Å². The van der Waals surface area contributed by atoms with E-state index < -0.39 is 11.9 Å². The van der Waals surface area contributed by atoms with Crippen molar-refractivity contribution >= 4 is 18.0 Å². The van der Waals surface area contributed by atoms with Crippen LogP contribution in [0.4, 0.5) is 0 Å². The molecule has 4 rings (SSSR count). The van der Waals surface area contributed by atoms with Crippen LogP contribution in [0.2, 0.25) is 0 Å². The van der Waals surface area contributed by atoms with E-state index in [0.717, 1.165) is 5.56 Å². The quantitative estimate of drug-likeness (QED) is 0.798. The fourth-order valence-electron chi connectivity index (χ4n) is 2.90. The normalized spacial score (nSPS) is 16.9. The monoisotopic (exact) mass is 381 g/mol. The SMILES string of the molecule is O=C(COC(=O)C1=Cc2ccccc2OC1)NC[C@@H]1COc2ccccc2O1. The molecule has 144 valence electrons. The van der Waals surface area contributed by atoms with Gasteiger partial charge in [0, 0.05) is 5.56 Å². The molecule has 0 radical (unpaired) electrons. The first-order valence-corrected chi connectivity index (χ1v) is 8.94. The van der Waals surface area contributed by atoms with Gasteiger partial charge in [0.25, 0.3) is 5.91 Å². The number of amides is 1. The molecular weight excluding hydrogens is 362 g/mol. The van der Waals surface area contributed by atoms with E-state index >= 15 is 0 Å². The van der Waals surface area contributed by atoms with Gasteiger partial charge in [-0.3, -0.25) is 4.79 Å². The largest absolute Gasteiger partial charge is 0.488 e. The second-order valence-corrected chi connectivity index (χ2v) is 6.37. The van der Waals surface area contributed by atoms with E-state index in [9.17, 15) is 9.59 Å². The number of carbonyl (C=O) groups excluding carboxylic acids is 2. The molecule has 1 N–H and O–H groups in total. The number of benzene rings is 2. The van der Waals surface area contributed by atoms with Crippen molar-refractivity contribution in [3.63, 3.8) is 0 Å². The third-order valence-corrected chi connectivity index (χ3v) is 4.32. The van der Waals surface area contributed by atoms with E-state index in [1.54, 1.807) is 6.08 Å². The number of ether oxygens (including phenoxy) is 4. The van der Waals surface area contributed by atoms with Gasteiger partial charge >= 0.3 is 5.97 Å². The van der Waals surface area contributed by atoms with Crippen LogP contribution in [-0.4, -0.2) is 44.3 Å². The van der Waals surface area contributed by atoms with Crippen LogP contribution in [0.15, 0.2) is 54.1 Å². The van der Waals surface area contributed by atoms with Crippen molar-refractivity contribution < 1.29 is 28.5 Å². The molecule has 2 heterocycles. The number of carbonyl (C=O) groups is 2. The zero-order chi connectivity index (χ0) is 19.3. The highest BCUT2D eigenvalue weighted by molar-refractivity contribution is 5.96. The molecule has 0 aromatic heterocycles. The van der Waals surface area contributed by atoms with Crippen LogP contribution in [0, 0.1) is 0 Å². The summed E-state index contributed by atoms with van der Waals surface area (Å²) in [6.07, 6.45) is 1.41. The fourth-order valence-corrected chi connectivity index (χ4v) is 2.90. The number of nitrogens with one attached hydrogen (secondary N) is 1. The number of esters is 1. The van der Waals surface area contributed by atoms with Crippen molar-refractivity contribution in [2.24, 2.45) is 0 Å². The molecule has 2 aromatic carbocycles. The molecule has 0 saturated carbocycles. The lowest BCUT2D eigenvalue weighted by Gasteiger charge is -2.26. The molecule has 2 aromatic rings. The number of para-hydroxylation sites is 3. The molecule has 1 amide bonds. The molecule has 7 nitrogen and oxygen atoms in total. The van der Waals surface area contributed by atoms with Crippen molar-refractivity contribution in [1.29, 1.82) is 0 Å². The Morgan fingerprint density at radius 3 is 2.61 bits per heavy atom. The highest BCUT2D eigenvalue weighted by atomic mass is 16.6. The van der Waals surface area contributed by atoms with E-state index in [1.807, 2.05) is 48.5 Å². The Morgan fingerprint density at radius 2 is 1.75 bits per heavy atom. The first-order chi connectivity index (χ1) is 13.7. The third-order valence-electron chi connectivity index (χ3n) is 4.32. The van der Waals surface area contributed by atoms with Gasteiger partial charge in [0.1, 0.15) is 25.1 Å². The van der Waals surface area contributed by atoms with E-state index in [2.05, 4.69) is 5.32 Å². The Labute approximate surface area is 161 Å². The molecule has 2 aliphatic heterocycles. The molecule has 2 aliphatic rings. The third kappa shape index (κ3) is 4.09. The molecule has 0 fully saturated rings. The maximum atomic E-state index is 12.2. The molecule has 0 bridgehead atoms. The Bertz CT molecular complexity index is 923. The molecule has 0 spiro atoms. The van der Waals surface area contributed by atoms with Crippen LogP contribution in [0.3, 0.4) is 0 Å². The Morgan fingerprint density at radius 1 is 1.00 bits per heavy atom. The van der Waals surface area contributed by atoms with Crippen molar-refractivity contribution in [1.82, 2.24) is 5.32 Å². The van der Waals surface area contributed by atoms with Crippen LogP contribution in [0.1, 0.15) is 5.56 Å². The molecular formula is C21H19NO6. The van der Waals surface area contributed by atoms with Gasteiger partial charge in [-0.25, -0.2) is 4.79 Å². The van der Waals surface area contributed by atoms with Gasteiger partial charge in [-0.1, -0.05) is 30.3 Å². The highest BCUT2D eigenvalue weighted by Crippen LogP contribution is 2.30. The number of hydrogen-bond donors (Lipinski definition) is 1. The highest BCUT2D eigenvalue weighted by Gasteiger charge is 2.22. The summed E-state index contributed by atoms with van der Waals surface area (Å²) in [4.78, 5) is 24.1. The van der Waals surface area contributed by atoms with Crippen LogP contribution in [0.25, 0.3) is 6.08 Å². The van der Waals surface area contributed by atoms with E-state index in [4.69, 9.17) is 18.9 Å². The zero-order valence-electron chi connectivity index (χ0n) is 15.1. The molecule has 28 heavy (non-hydrogen) atoms. The lowest BCUT2D eigenvalue weighted by molar-refractivity contribution is -0.145. The summed E-state index contributed by atoms with van der Waals surface area (Å²) in [7, 11) is 0. The van der Waals surface area contributed by atoms with E-state index in [1.165, 1.54) is 0 Å². The summed E-state index contributed by atoms with van der Waals surface area (Å²) >= 11 is 0. The van der Waals surface area contributed by atoms with Gasteiger partial charge < -0.3 is 24.3 Å². The molecule has 7 heteroatoms. The van der Waals surface area contributed by atoms with Crippen molar-refractivity contribution in [2.45, 2.75) is 6.10 Å².